The number of carbonyl (C=O) groups excluding carboxylic acids is 1. The Kier molecular flexibility index (Phi) is 4.22. The summed E-state index contributed by atoms with van der Waals surface area (Å²) in [7, 11) is 0. The predicted octanol–water partition coefficient (Wildman–Crippen LogP) is 2.78. The Hall–Kier alpha value is -2.17. The maximum absolute atomic E-state index is 12.5. The number of hydrogen-bond donors (Lipinski definition) is 0. The minimum absolute atomic E-state index is 0.0289. The van der Waals surface area contributed by atoms with Crippen molar-refractivity contribution in [2.45, 2.75) is 33.1 Å². The third kappa shape index (κ3) is 3.35. The van der Waals surface area contributed by atoms with E-state index >= 15 is 0 Å². The number of rotatable bonds is 3. The number of likely N-dealkylation sites (tertiary alicyclic amines) is 1. The molecular weight excluding hydrogens is 278 g/mol. The molecule has 0 saturated carbocycles. The number of carbonyl (C=O) groups is 1. The number of amides is 1. The Morgan fingerprint density at radius 2 is 2.27 bits per heavy atom. The standard InChI is InChI=1S/C17H21N3O2/c1-12-5-3-7-15(18-12)10-14-6-4-8-20(11-14)17(21)16-9-13(2)22-19-16/h3,5,7,9,14H,4,6,8,10-11H2,1-2H3/t14-/m0/s1. The van der Waals surface area contributed by atoms with Gasteiger partial charge in [-0.3, -0.25) is 9.78 Å². The van der Waals surface area contributed by atoms with Gasteiger partial charge in [-0.1, -0.05) is 11.2 Å². The van der Waals surface area contributed by atoms with Crippen LogP contribution in [0.15, 0.2) is 28.8 Å². The van der Waals surface area contributed by atoms with Gasteiger partial charge in [0.2, 0.25) is 0 Å². The number of hydrogen-bond acceptors (Lipinski definition) is 4. The summed E-state index contributed by atoms with van der Waals surface area (Å²) in [5, 5.41) is 3.83. The van der Waals surface area contributed by atoms with Gasteiger partial charge in [0.1, 0.15) is 5.76 Å². The molecular formula is C17H21N3O2. The average Bonchev–Trinajstić information content (AvgIpc) is 2.93. The van der Waals surface area contributed by atoms with Crippen LogP contribution in [-0.2, 0) is 6.42 Å². The average molecular weight is 299 g/mol. The molecule has 22 heavy (non-hydrogen) atoms. The first-order chi connectivity index (χ1) is 10.6. The largest absolute Gasteiger partial charge is 0.361 e. The molecule has 1 aliphatic heterocycles. The summed E-state index contributed by atoms with van der Waals surface area (Å²) in [6.45, 7) is 5.36. The fourth-order valence-electron chi connectivity index (χ4n) is 3.05. The van der Waals surface area contributed by atoms with Crippen LogP contribution in [0.25, 0.3) is 0 Å². The monoisotopic (exact) mass is 299 g/mol. The Morgan fingerprint density at radius 3 is 3.00 bits per heavy atom. The van der Waals surface area contributed by atoms with E-state index in [-0.39, 0.29) is 5.91 Å². The summed E-state index contributed by atoms with van der Waals surface area (Å²) >= 11 is 0. The Balaban J connectivity index is 1.65. The van der Waals surface area contributed by atoms with Crippen molar-refractivity contribution in [3.05, 3.63) is 47.1 Å². The number of aromatic nitrogens is 2. The number of nitrogens with zero attached hydrogens (tertiary/aromatic N) is 3. The van der Waals surface area contributed by atoms with Crippen LogP contribution in [-0.4, -0.2) is 34.0 Å². The van der Waals surface area contributed by atoms with Gasteiger partial charge in [-0.15, -0.1) is 0 Å². The van der Waals surface area contributed by atoms with Crippen molar-refractivity contribution in [2.75, 3.05) is 13.1 Å². The molecule has 2 aromatic rings. The van der Waals surface area contributed by atoms with E-state index in [1.165, 1.54) is 0 Å². The van der Waals surface area contributed by atoms with Gasteiger partial charge in [0, 0.05) is 30.5 Å². The third-order valence-corrected chi connectivity index (χ3v) is 4.10. The maximum atomic E-state index is 12.5. The molecule has 0 spiro atoms. The van der Waals surface area contributed by atoms with Gasteiger partial charge in [-0.05, 0) is 51.2 Å². The zero-order valence-electron chi connectivity index (χ0n) is 13.1. The molecule has 0 N–H and O–H groups in total. The van der Waals surface area contributed by atoms with E-state index in [4.69, 9.17) is 4.52 Å². The second-order valence-electron chi connectivity index (χ2n) is 6.06. The second-order valence-corrected chi connectivity index (χ2v) is 6.06. The minimum atomic E-state index is -0.0289. The van der Waals surface area contributed by atoms with Crippen molar-refractivity contribution in [1.29, 1.82) is 0 Å². The number of aryl methyl sites for hydroxylation is 2. The molecule has 2 aromatic heterocycles. The topological polar surface area (TPSA) is 59.2 Å². The lowest BCUT2D eigenvalue weighted by atomic mass is 9.93. The lowest BCUT2D eigenvalue weighted by molar-refractivity contribution is 0.0662. The molecule has 1 amide bonds. The van der Waals surface area contributed by atoms with Crippen LogP contribution in [0.4, 0.5) is 0 Å². The first-order valence-corrected chi connectivity index (χ1v) is 7.77. The normalized spacial score (nSPS) is 18.5. The van der Waals surface area contributed by atoms with Crippen LogP contribution in [0.5, 0.6) is 0 Å². The number of piperidine rings is 1. The lowest BCUT2D eigenvalue weighted by Crippen LogP contribution is -2.40. The van der Waals surface area contributed by atoms with Crippen molar-refractivity contribution >= 4 is 5.91 Å². The van der Waals surface area contributed by atoms with Crippen molar-refractivity contribution in [3.8, 4) is 0 Å². The molecule has 0 unspecified atom stereocenters. The quantitative estimate of drug-likeness (QED) is 0.874. The van der Waals surface area contributed by atoms with Gasteiger partial charge in [-0.25, -0.2) is 0 Å². The SMILES string of the molecule is Cc1cccc(C[C@@H]2CCCN(C(=O)c3cc(C)on3)C2)n1. The van der Waals surface area contributed by atoms with E-state index in [9.17, 15) is 4.79 Å². The van der Waals surface area contributed by atoms with Crippen LogP contribution in [0.3, 0.4) is 0 Å². The van der Waals surface area contributed by atoms with Crippen molar-refractivity contribution in [3.63, 3.8) is 0 Å². The van der Waals surface area contributed by atoms with Gasteiger partial charge >= 0.3 is 0 Å². The highest BCUT2D eigenvalue weighted by atomic mass is 16.5. The molecule has 1 aliphatic rings. The Bertz CT molecular complexity index is 665. The second kappa shape index (κ2) is 6.30. The molecule has 0 radical (unpaired) electrons. The fraction of sp³-hybridized carbons (Fsp3) is 0.471. The summed E-state index contributed by atoms with van der Waals surface area (Å²) < 4.78 is 5.00. The molecule has 1 atom stereocenters. The molecule has 1 fully saturated rings. The molecule has 0 aliphatic carbocycles. The summed E-state index contributed by atoms with van der Waals surface area (Å²) in [5.41, 5.74) is 2.56. The van der Waals surface area contributed by atoms with Crippen LogP contribution >= 0.6 is 0 Å². The molecule has 1 saturated heterocycles. The van der Waals surface area contributed by atoms with Gasteiger partial charge < -0.3 is 9.42 Å². The smallest absolute Gasteiger partial charge is 0.276 e. The van der Waals surface area contributed by atoms with E-state index in [0.717, 1.165) is 43.7 Å². The van der Waals surface area contributed by atoms with Gasteiger partial charge in [-0.2, -0.15) is 0 Å². The molecule has 5 heteroatoms. The summed E-state index contributed by atoms with van der Waals surface area (Å²) in [4.78, 5) is 18.9. The molecule has 0 bridgehead atoms. The molecule has 116 valence electrons. The first kappa shape index (κ1) is 14.8. The van der Waals surface area contributed by atoms with Gasteiger partial charge in [0.15, 0.2) is 5.69 Å². The fourth-order valence-corrected chi connectivity index (χ4v) is 3.05. The van der Waals surface area contributed by atoms with Crippen LogP contribution in [0.2, 0.25) is 0 Å². The Morgan fingerprint density at radius 1 is 1.41 bits per heavy atom. The molecule has 5 nitrogen and oxygen atoms in total. The van der Waals surface area contributed by atoms with Crippen molar-refractivity contribution < 1.29 is 9.32 Å². The van der Waals surface area contributed by atoms with Crippen LogP contribution < -0.4 is 0 Å². The first-order valence-electron chi connectivity index (χ1n) is 7.77. The highest BCUT2D eigenvalue weighted by Crippen LogP contribution is 2.21. The summed E-state index contributed by atoms with van der Waals surface area (Å²) in [6, 6.07) is 7.82. The van der Waals surface area contributed by atoms with E-state index in [1.54, 1.807) is 13.0 Å². The molecule has 3 heterocycles. The highest BCUT2D eigenvalue weighted by Gasteiger charge is 2.26. The highest BCUT2D eigenvalue weighted by molar-refractivity contribution is 5.92. The zero-order valence-corrected chi connectivity index (χ0v) is 13.1. The lowest BCUT2D eigenvalue weighted by Gasteiger charge is -2.32. The third-order valence-electron chi connectivity index (χ3n) is 4.10. The van der Waals surface area contributed by atoms with Crippen molar-refractivity contribution in [2.24, 2.45) is 5.92 Å². The predicted molar refractivity (Wildman–Crippen MR) is 82.5 cm³/mol. The molecule has 0 aromatic carbocycles. The van der Waals surface area contributed by atoms with E-state index in [1.807, 2.05) is 24.0 Å². The van der Waals surface area contributed by atoms with Crippen LogP contribution in [0.1, 0.15) is 40.5 Å². The van der Waals surface area contributed by atoms with Gasteiger partial charge in [0.05, 0.1) is 0 Å². The van der Waals surface area contributed by atoms with Crippen LogP contribution in [0, 0.1) is 19.8 Å². The summed E-state index contributed by atoms with van der Waals surface area (Å²) in [5.74, 6) is 1.10. The summed E-state index contributed by atoms with van der Waals surface area (Å²) in [6.07, 6.45) is 3.08. The number of pyridine rings is 1. The Labute approximate surface area is 130 Å². The zero-order chi connectivity index (χ0) is 15.5. The van der Waals surface area contributed by atoms with E-state index < -0.39 is 0 Å². The van der Waals surface area contributed by atoms with Crippen molar-refractivity contribution in [1.82, 2.24) is 15.0 Å². The van der Waals surface area contributed by atoms with E-state index in [2.05, 4.69) is 16.2 Å². The maximum Gasteiger partial charge on any atom is 0.276 e. The molecule has 3 rings (SSSR count). The minimum Gasteiger partial charge on any atom is -0.361 e. The van der Waals surface area contributed by atoms with Gasteiger partial charge in [0.25, 0.3) is 5.91 Å². The van der Waals surface area contributed by atoms with E-state index in [0.29, 0.717) is 17.4 Å².